The lowest BCUT2D eigenvalue weighted by Crippen LogP contribution is -2.34. The van der Waals surface area contributed by atoms with Crippen molar-refractivity contribution in [2.75, 3.05) is 0 Å². The Bertz CT molecular complexity index is 984. The van der Waals surface area contributed by atoms with Gasteiger partial charge in [0.05, 0.1) is 17.8 Å². The fraction of sp³-hybridized carbons (Fsp3) is 0.375. The first-order chi connectivity index (χ1) is 14.1. The van der Waals surface area contributed by atoms with E-state index >= 15 is 0 Å². The molecule has 1 aliphatic carbocycles. The summed E-state index contributed by atoms with van der Waals surface area (Å²) in [5.41, 5.74) is 2.89. The lowest BCUT2D eigenvalue weighted by molar-refractivity contribution is -0.126. The van der Waals surface area contributed by atoms with Crippen LogP contribution in [-0.4, -0.2) is 15.9 Å². The van der Waals surface area contributed by atoms with E-state index in [9.17, 15) is 9.18 Å². The molecule has 4 rings (SSSR count). The van der Waals surface area contributed by atoms with Crippen LogP contribution >= 0.6 is 0 Å². The zero-order valence-corrected chi connectivity index (χ0v) is 16.6. The Kier molecular flexibility index (Phi) is 5.84. The van der Waals surface area contributed by atoms with E-state index in [2.05, 4.69) is 15.3 Å². The molecule has 0 spiro atoms. The molecule has 0 bridgehead atoms. The van der Waals surface area contributed by atoms with Crippen molar-refractivity contribution < 1.29 is 9.18 Å². The molecule has 1 N–H and O–H groups in total. The highest BCUT2D eigenvalue weighted by molar-refractivity contribution is 5.82. The predicted octanol–water partition coefficient (Wildman–Crippen LogP) is 5.00. The van der Waals surface area contributed by atoms with Crippen LogP contribution in [0.4, 0.5) is 4.39 Å². The molecule has 0 saturated heterocycles. The van der Waals surface area contributed by atoms with E-state index in [4.69, 9.17) is 0 Å². The molecule has 5 heteroatoms. The maximum Gasteiger partial charge on any atom is 0.223 e. The minimum Gasteiger partial charge on any atom is -0.350 e. The van der Waals surface area contributed by atoms with Gasteiger partial charge in [-0.3, -0.25) is 14.8 Å². The van der Waals surface area contributed by atoms with Crippen LogP contribution in [0.1, 0.15) is 49.8 Å². The second kappa shape index (κ2) is 8.68. The molecule has 1 aromatic carbocycles. The Balaban J connectivity index is 1.37. The number of carbonyl (C=O) groups excluding carboxylic acids is 1. The van der Waals surface area contributed by atoms with Crippen LogP contribution in [0.3, 0.4) is 0 Å². The molecule has 1 aliphatic rings. The highest BCUT2D eigenvalue weighted by atomic mass is 19.1. The van der Waals surface area contributed by atoms with Crippen LogP contribution in [-0.2, 0) is 11.3 Å². The number of carbonyl (C=O) groups is 1. The number of fused-ring (bicyclic) bond motifs is 1. The summed E-state index contributed by atoms with van der Waals surface area (Å²) in [4.78, 5) is 21.2. The van der Waals surface area contributed by atoms with Crippen molar-refractivity contribution in [1.29, 1.82) is 0 Å². The van der Waals surface area contributed by atoms with Gasteiger partial charge in [-0.15, -0.1) is 0 Å². The number of halogens is 1. The summed E-state index contributed by atoms with van der Waals surface area (Å²) < 4.78 is 13.8. The van der Waals surface area contributed by atoms with Gasteiger partial charge >= 0.3 is 0 Å². The van der Waals surface area contributed by atoms with Crippen LogP contribution in [0.15, 0.2) is 54.9 Å². The Labute approximate surface area is 170 Å². The summed E-state index contributed by atoms with van der Waals surface area (Å²) in [6, 6.07) is 12.5. The van der Waals surface area contributed by atoms with Crippen molar-refractivity contribution in [2.24, 2.45) is 11.8 Å². The SMILES string of the molecule is C[C@@H](C(=O)NCc1ccccn1)C1CCC(c2ccnc3ccc(F)cc23)CC1. The van der Waals surface area contributed by atoms with Crippen molar-refractivity contribution in [3.8, 4) is 0 Å². The molecular weight excluding hydrogens is 365 g/mol. The Morgan fingerprint density at radius 3 is 2.69 bits per heavy atom. The van der Waals surface area contributed by atoms with Gasteiger partial charge in [0.2, 0.25) is 5.91 Å². The van der Waals surface area contributed by atoms with E-state index < -0.39 is 0 Å². The van der Waals surface area contributed by atoms with Gasteiger partial charge in [-0.1, -0.05) is 13.0 Å². The third kappa shape index (κ3) is 4.44. The topological polar surface area (TPSA) is 54.9 Å². The van der Waals surface area contributed by atoms with E-state index in [1.807, 2.05) is 37.4 Å². The molecule has 150 valence electrons. The monoisotopic (exact) mass is 391 g/mol. The highest BCUT2D eigenvalue weighted by Crippen LogP contribution is 2.40. The lowest BCUT2D eigenvalue weighted by atomic mass is 9.73. The van der Waals surface area contributed by atoms with Gasteiger partial charge in [0.25, 0.3) is 0 Å². The molecule has 0 unspecified atom stereocenters. The summed E-state index contributed by atoms with van der Waals surface area (Å²) >= 11 is 0. The summed E-state index contributed by atoms with van der Waals surface area (Å²) in [6.45, 7) is 2.49. The zero-order valence-electron chi connectivity index (χ0n) is 16.6. The standard InChI is InChI=1S/C24H26FN3O/c1-16(24(29)28-15-20-4-2-3-12-26-20)17-5-7-18(8-6-17)21-11-13-27-23-10-9-19(25)14-22(21)23/h2-4,9-14,16-18H,5-8,15H2,1H3,(H,28,29)/t16-,17?,18?/m1/s1. The lowest BCUT2D eigenvalue weighted by Gasteiger charge is -2.32. The first-order valence-corrected chi connectivity index (χ1v) is 10.3. The smallest absolute Gasteiger partial charge is 0.223 e. The van der Waals surface area contributed by atoms with E-state index in [0.29, 0.717) is 18.4 Å². The fourth-order valence-electron chi connectivity index (χ4n) is 4.48. The maximum atomic E-state index is 13.8. The Morgan fingerprint density at radius 1 is 1.10 bits per heavy atom. The van der Waals surface area contributed by atoms with Gasteiger partial charge in [0.15, 0.2) is 0 Å². The van der Waals surface area contributed by atoms with Crippen molar-refractivity contribution in [3.63, 3.8) is 0 Å². The van der Waals surface area contributed by atoms with Gasteiger partial charge < -0.3 is 5.32 Å². The van der Waals surface area contributed by atoms with Crippen LogP contribution in [0, 0.1) is 17.7 Å². The Morgan fingerprint density at radius 2 is 1.93 bits per heavy atom. The summed E-state index contributed by atoms with van der Waals surface area (Å²) in [5, 5.41) is 3.93. The normalized spacial score (nSPS) is 20.3. The van der Waals surface area contributed by atoms with Gasteiger partial charge in [-0.05, 0) is 79.5 Å². The number of amides is 1. The molecule has 1 fully saturated rings. The van der Waals surface area contributed by atoms with Crippen LogP contribution in [0.2, 0.25) is 0 Å². The third-order valence-corrected chi connectivity index (χ3v) is 6.24. The van der Waals surface area contributed by atoms with Crippen molar-refractivity contribution >= 4 is 16.8 Å². The van der Waals surface area contributed by atoms with E-state index in [-0.39, 0.29) is 17.6 Å². The number of rotatable bonds is 5. The maximum absolute atomic E-state index is 13.8. The van der Waals surface area contributed by atoms with Gasteiger partial charge in [-0.25, -0.2) is 4.39 Å². The quantitative estimate of drug-likeness (QED) is 0.666. The van der Waals surface area contributed by atoms with Crippen molar-refractivity contribution in [1.82, 2.24) is 15.3 Å². The summed E-state index contributed by atoms with van der Waals surface area (Å²) in [7, 11) is 0. The molecule has 0 radical (unpaired) electrons. The minimum absolute atomic E-state index is 0.0220. The molecular formula is C24H26FN3O. The number of nitrogens with one attached hydrogen (secondary N) is 1. The molecule has 2 aromatic heterocycles. The predicted molar refractivity (Wildman–Crippen MR) is 112 cm³/mol. The fourth-order valence-corrected chi connectivity index (χ4v) is 4.48. The van der Waals surface area contributed by atoms with Gasteiger partial charge in [0, 0.05) is 23.7 Å². The van der Waals surface area contributed by atoms with Crippen LogP contribution in [0.5, 0.6) is 0 Å². The molecule has 29 heavy (non-hydrogen) atoms. The second-order valence-corrected chi connectivity index (χ2v) is 8.00. The second-order valence-electron chi connectivity index (χ2n) is 8.00. The number of hydrogen-bond acceptors (Lipinski definition) is 3. The highest BCUT2D eigenvalue weighted by Gasteiger charge is 2.30. The summed E-state index contributed by atoms with van der Waals surface area (Å²) in [6.07, 6.45) is 7.58. The first-order valence-electron chi connectivity index (χ1n) is 10.3. The number of benzene rings is 1. The summed E-state index contributed by atoms with van der Waals surface area (Å²) in [5.74, 6) is 0.614. The number of aromatic nitrogens is 2. The van der Waals surface area contributed by atoms with Crippen LogP contribution in [0.25, 0.3) is 10.9 Å². The molecule has 0 aliphatic heterocycles. The average molecular weight is 391 g/mol. The van der Waals surface area contributed by atoms with Gasteiger partial charge in [-0.2, -0.15) is 0 Å². The van der Waals surface area contributed by atoms with E-state index in [1.165, 1.54) is 11.6 Å². The third-order valence-electron chi connectivity index (χ3n) is 6.24. The zero-order chi connectivity index (χ0) is 20.2. The number of hydrogen-bond donors (Lipinski definition) is 1. The molecule has 4 nitrogen and oxygen atoms in total. The molecule has 1 amide bonds. The molecule has 3 aromatic rings. The minimum atomic E-state index is -0.223. The first kappa shape index (κ1) is 19.5. The average Bonchev–Trinajstić information content (AvgIpc) is 2.77. The van der Waals surface area contributed by atoms with Gasteiger partial charge in [0.1, 0.15) is 5.82 Å². The van der Waals surface area contributed by atoms with E-state index in [1.54, 1.807) is 18.3 Å². The van der Waals surface area contributed by atoms with Crippen LogP contribution < -0.4 is 5.32 Å². The number of nitrogens with zero attached hydrogens (tertiary/aromatic N) is 2. The largest absolute Gasteiger partial charge is 0.350 e. The molecule has 1 saturated carbocycles. The molecule has 1 atom stereocenters. The van der Waals surface area contributed by atoms with E-state index in [0.717, 1.165) is 42.3 Å². The Hall–Kier alpha value is -2.82. The van der Waals surface area contributed by atoms with Crippen molar-refractivity contribution in [2.45, 2.75) is 45.1 Å². The van der Waals surface area contributed by atoms with Crippen molar-refractivity contribution in [3.05, 3.63) is 71.9 Å². The number of pyridine rings is 2. The molecule has 2 heterocycles.